The standard InChI is InChI=1S/C32H52O8S/c1-17(2)18(3)10-11-19(4)22-13-14-23-21-12-15-25-30(6,7)28(40-41(36,37)38)24(34)16-31(25,8)26(21)27(35)29(32(22,23)9)39-20(5)33/h17,19,22-25,27-29,34-35H,3,10-16H2,1-2,4-9H3,(H,36,37,38)/t19-,22-,23+,24-,25?,27-,28+,29+,31+,32-/m1/s1. The first-order valence-electron chi connectivity index (χ1n) is 15.4. The Morgan fingerprint density at radius 3 is 2.27 bits per heavy atom. The summed E-state index contributed by atoms with van der Waals surface area (Å²) in [5.74, 6) is 0.615. The van der Waals surface area contributed by atoms with Crippen LogP contribution in [0.3, 0.4) is 0 Å². The minimum Gasteiger partial charge on any atom is -0.459 e. The second-order valence-electron chi connectivity index (χ2n) is 14.9. The van der Waals surface area contributed by atoms with Gasteiger partial charge in [0.05, 0.1) is 6.10 Å². The molecule has 3 N–H and O–H groups in total. The highest BCUT2D eigenvalue weighted by Gasteiger charge is 2.67. The van der Waals surface area contributed by atoms with E-state index in [-0.39, 0.29) is 24.2 Å². The van der Waals surface area contributed by atoms with Gasteiger partial charge in [0, 0.05) is 12.3 Å². The largest absolute Gasteiger partial charge is 0.459 e. The average Bonchev–Trinajstić information content (AvgIpc) is 3.19. The SMILES string of the molecule is C=C(CC[C@@H](C)[C@H]1CC[C@H]2C3=C([C@@H](O)[C@H](OC(C)=O)[C@]12C)[C@@]1(C)C[C@@H](O)[C@H](OS(=O)(=O)O)C(C)(C)C1CC3)C(C)C. The number of rotatable bonds is 8. The molecule has 0 aliphatic heterocycles. The summed E-state index contributed by atoms with van der Waals surface area (Å²) in [4.78, 5) is 12.5. The molecule has 0 bridgehead atoms. The lowest BCUT2D eigenvalue weighted by Crippen LogP contribution is -2.64. The van der Waals surface area contributed by atoms with Gasteiger partial charge in [-0.2, -0.15) is 8.42 Å². The fourth-order valence-corrected chi connectivity index (χ4v) is 10.7. The number of carbonyl (C=O) groups is 1. The van der Waals surface area contributed by atoms with E-state index in [4.69, 9.17) is 8.92 Å². The molecule has 4 aliphatic carbocycles. The molecule has 2 fully saturated rings. The molecule has 0 saturated heterocycles. The lowest BCUT2D eigenvalue weighted by Gasteiger charge is -2.63. The van der Waals surface area contributed by atoms with Gasteiger partial charge in [0.2, 0.25) is 0 Å². The summed E-state index contributed by atoms with van der Waals surface area (Å²) >= 11 is 0. The van der Waals surface area contributed by atoms with Crippen molar-refractivity contribution in [1.29, 1.82) is 0 Å². The number of aliphatic hydroxyl groups excluding tert-OH is 2. The Morgan fingerprint density at radius 2 is 1.71 bits per heavy atom. The third-order valence-corrected chi connectivity index (χ3v) is 12.4. The maximum Gasteiger partial charge on any atom is 0.397 e. The predicted octanol–water partition coefficient (Wildman–Crippen LogP) is 5.65. The minimum atomic E-state index is -4.78. The van der Waals surface area contributed by atoms with Crippen LogP contribution in [0.2, 0.25) is 0 Å². The molecule has 10 atom stereocenters. The summed E-state index contributed by atoms with van der Waals surface area (Å²) in [5.41, 5.74) is 1.37. The van der Waals surface area contributed by atoms with E-state index in [2.05, 4.69) is 34.3 Å². The summed E-state index contributed by atoms with van der Waals surface area (Å²) in [6.45, 7) is 20.2. The van der Waals surface area contributed by atoms with Gasteiger partial charge in [-0.3, -0.25) is 9.35 Å². The molecule has 0 spiro atoms. The zero-order chi connectivity index (χ0) is 30.9. The molecular formula is C32H52O8S. The van der Waals surface area contributed by atoms with E-state index in [1.54, 1.807) is 0 Å². The zero-order valence-electron chi connectivity index (χ0n) is 26.1. The first kappa shape index (κ1) is 32.6. The summed E-state index contributed by atoms with van der Waals surface area (Å²) in [6.07, 6.45) is 1.46. The molecule has 0 heterocycles. The number of aliphatic hydroxyl groups is 2. The van der Waals surface area contributed by atoms with E-state index in [1.165, 1.54) is 18.1 Å². The molecule has 234 valence electrons. The van der Waals surface area contributed by atoms with Crippen molar-refractivity contribution in [2.75, 3.05) is 0 Å². The van der Waals surface area contributed by atoms with Crippen LogP contribution in [0.25, 0.3) is 0 Å². The number of carbonyl (C=O) groups excluding carboxylic acids is 1. The van der Waals surface area contributed by atoms with Crippen molar-refractivity contribution < 1.29 is 36.9 Å². The lowest BCUT2D eigenvalue weighted by atomic mass is 9.44. The molecular weight excluding hydrogens is 544 g/mol. The number of ether oxygens (including phenoxy) is 1. The highest BCUT2D eigenvalue weighted by Crippen LogP contribution is 2.68. The Hall–Kier alpha value is -1.26. The highest BCUT2D eigenvalue weighted by molar-refractivity contribution is 7.80. The summed E-state index contributed by atoms with van der Waals surface area (Å²) < 4.78 is 43.9. The van der Waals surface area contributed by atoms with Crippen LogP contribution in [0.5, 0.6) is 0 Å². The third kappa shape index (κ3) is 5.47. The van der Waals surface area contributed by atoms with Crippen LogP contribution >= 0.6 is 0 Å². The molecule has 9 heteroatoms. The molecule has 0 aromatic heterocycles. The van der Waals surface area contributed by atoms with Crippen molar-refractivity contribution in [2.45, 2.75) is 125 Å². The fraction of sp³-hybridized carbons (Fsp3) is 0.844. The second kappa shape index (κ2) is 11.0. The molecule has 2 saturated carbocycles. The molecule has 8 nitrogen and oxygen atoms in total. The Bertz CT molecular complexity index is 1190. The van der Waals surface area contributed by atoms with Crippen LogP contribution < -0.4 is 0 Å². The van der Waals surface area contributed by atoms with Crippen molar-refractivity contribution in [1.82, 2.24) is 0 Å². The Morgan fingerprint density at radius 1 is 1.07 bits per heavy atom. The van der Waals surface area contributed by atoms with E-state index in [0.29, 0.717) is 11.8 Å². The van der Waals surface area contributed by atoms with Crippen molar-refractivity contribution in [3.8, 4) is 0 Å². The smallest absolute Gasteiger partial charge is 0.397 e. The molecule has 0 radical (unpaired) electrons. The van der Waals surface area contributed by atoms with Gasteiger partial charge in [-0.1, -0.05) is 66.2 Å². The Kier molecular flexibility index (Phi) is 8.78. The normalized spacial score (nSPS) is 40.9. The van der Waals surface area contributed by atoms with Gasteiger partial charge in [-0.25, -0.2) is 4.18 Å². The lowest BCUT2D eigenvalue weighted by molar-refractivity contribution is -0.183. The van der Waals surface area contributed by atoms with Crippen molar-refractivity contribution >= 4 is 16.4 Å². The van der Waals surface area contributed by atoms with Gasteiger partial charge in [-0.05, 0) is 90.9 Å². The molecule has 4 rings (SSSR count). The van der Waals surface area contributed by atoms with Crippen LogP contribution in [-0.2, 0) is 24.1 Å². The minimum absolute atomic E-state index is 0.135. The molecule has 41 heavy (non-hydrogen) atoms. The first-order valence-corrected chi connectivity index (χ1v) is 16.7. The van der Waals surface area contributed by atoms with Crippen LogP contribution in [0.15, 0.2) is 23.3 Å². The van der Waals surface area contributed by atoms with E-state index in [1.807, 2.05) is 20.8 Å². The van der Waals surface area contributed by atoms with Gasteiger partial charge in [-0.15, -0.1) is 0 Å². The van der Waals surface area contributed by atoms with Crippen LogP contribution in [0.1, 0.15) is 100 Å². The average molecular weight is 597 g/mol. The Labute approximate surface area is 246 Å². The van der Waals surface area contributed by atoms with Crippen molar-refractivity contribution in [3.05, 3.63) is 23.3 Å². The van der Waals surface area contributed by atoms with Crippen LogP contribution in [-0.4, -0.2) is 53.6 Å². The van der Waals surface area contributed by atoms with E-state index in [9.17, 15) is 28.0 Å². The predicted molar refractivity (Wildman–Crippen MR) is 157 cm³/mol. The topological polar surface area (TPSA) is 130 Å². The van der Waals surface area contributed by atoms with Gasteiger partial charge in [0.25, 0.3) is 0 Å². The quantitative estimate of drug-likeness (QED) is 0.186. The van der Waals surface area contributed by atoms with Gasteiger partial charge < -0.3 is 14.9 Å². The maximum atomic E-state index is 12.5. The van der Waals surface area contributed by atoms with Crippen molar-refractivity contribution in [2.24, 2.45) is 45.8 Å². The summed E-state index contributed by atoms with van der Waals surface area (Å²) in [5, 5.41) is 23.5. The molecule has 1 unspecified atom stereocenters. The second-order valence-corrected chi connectivity index (χ2v) is 15.9. The van der Waals surface area contributed by atoms with E-state index in [0.717, 1.165) is 44.1 Å². The number of hydrogen-bond acceptors (Lipinski definition) is 7. The maximum absolute atomic E-state index is 12.5. The fourth-order valence-electron chi connectivity index (χ4n) is 10.0. The van der Waals surface area contributed by atoms with E-state index >= 15 is 0 Å². The Balaban J connectivity index is 1.76. The molecule has 4 aliphatic rings. The third-order valence-electron chi connectivity index (χ3n) is 11.9. The number of fused-ring (bicyclic) bond motifs is 4. The van der Waals surface area contributed by atoms with Crippen LogP contribution in [0, 0.1) is 45.8 Å². The first-order chi connectivity index (χ1) is 18.8. The summed E-state index contributed by atoms with van der Waals surface area (Å²) in [7, 11) is -4.78. The molecule has 0 aromatic rings. The zero-order valence-corrected chi connectivity index (χ0v) is 27.0. The highest BCUT2D eigenvalue weighted by atomic mass is 32.3. The molecule has 0 amide bonds. The van der Waals surface area contributed by atoms with Gasteiger partial charge in [0.1, 0.15) is 18.3 Å². The monoisotopic (exact) mass is 596 g/mol. The van der Waals surface area contributed by atoms with Gasteiger partial charge in [0.15, 0.2) is 0 Å². The summed E-state index contributed by atoms with van der Waals surface area (Å²) in [6, 6.07) is 0. The van der Waals surface area contributed by atoms with Crippen LogP contribution in [0.4, 0.5) is 0 Å². The van der Waals surface area contributed by atoms with Gasteiger partial charge >= 0.3 is 16.4 Å². The number of esters is 1. The number of hydrogen-bond donors (Lipinski definition) is 3. The van der Waals surface area contributed by atoms with E-state index < -0.39 is 57.0 Å². The molecule has 0 aromatic carbocycles. The van der Waals surface area contributed by atoms with Crippen molar-refractivity contribution in [3.63, 3.8) is 0 Å². The number of allylic oxidation sites excluding steroid dienone is 2.